The maximum absolute atomic E-state index is 12.7. The highest BCUT2D eigenvalue weighted by atomic mass is 19.4. The van der Waals surface area contributed by atoms with Crippen molar-refractivity contribution in [3.8, 4) is 0 Å². The van der Waals surface area contributed by atoms with E-state index in [1.807, 2.05) is 31.2 Å². The highest BCUT2D eigenvalue weighted by molar-refractivity contribution is 5.22. The van der Waals surface area contributed by atoms with Gasteiger partial charge in [0.1, 0.15) is 6.04 Å². The van der Waals surface area contributed by atoms with E-state index < -0.39 is 18.8 Å². The minimum Gasteiger partial charge on any atom is -0.329 e. The summed E-state index contributed by atoms with van der Waals surface area (Å²) in [6, 6.07) is 6.00. The van der Waals surface area contributed by atoms with Gasteiger partial charge in [-0.25, -0.2) is 0 Å². The number of nitrogens with two attached hydrogens (primary N) is 1. The maximum Gasteiger partial charge on any atom is 0.405 e. The zero-order chi connectivity index (χ0) is 13.8. The van der Waals surface area contributed by atoms with Gasteiger partial charge in [-0.1, -0.05) is 31.2 Å². The van der Waals surface area contributed by atoms with Crippen molar-refractivity contribution in [2.24, 2.45) is 5.73 Å². The first kappa shape index (κ1) is 15.0. The molecule has 0 radical (unpaired) electrons. The van der Waals surface area contributed by atoms with Crippen molar-refractivity contribution in [1.82, 2.24) is 4.90 Å². The average Bonchev–Trinajstić information content (AvgIpc) is 2.29. The summed E-state index contributed by atoms with van der Waals surface area (Å²) in [4.78, 5) is 1.24. The molecule has 0 fully saturated rings. The number of aryl methyl sites for hydroxylation is 1. The van der Waals surface area contributed by atoms with Gasteiger partial charge in [0.25, 0.3) is 0 Å². The van der Waals surface area contributed by atoms with Crippen molar-refractivity contribution >= 4 is 0 Å². The average molecular weight is 260 g/mol. The summed E-state index contributed by atoms with van der Waals surface area (Å²) in [5.74, 6) is 0. The van der Waals surface area contributed by atoms with Crippen LogP contribution in [0.2, 0.25) is 0 Å². The molecule has 0 aliphatic rings. The number of benzene rings is 1. The molecule has 2 nitrogen and oxygen atoms in total. The zero-order valence-corrected chi connectivity index (χ0v) is 10.7. The van der Waals surface area contributed by atoms with Gasteiger partial charge in [0, 0.05) is 13.1 Å². The Morgan fingerprint density at radius 2 is 1.67 bits per heavy atom. The molecular weight excluding hydrogens is 241 g/mol. The van der Waals surface area contributed by atoms with Crippen LogP contribution in [0.1, 0.15) is 18.1 Å². The lowest BCUT2D eigenvalue weighted by atomic mass is 10.1. The molecule has 1 unspecified atom stereocenters. The molecule has 0 saturated heterocycles. The van der Waals surface area contributed by atoms with Crippen LogP contribution in [0.3, 0.4) is 0 Å². The van der Waals surface area contributed by atoms with E-state index in [2.05, 4.69) is 0 Å². The van der Waals surface area contributed by atoms with Crippen molar-refractivity contribution in [2.75, 3.05) is 13.6 Å². The molecule has 0 aliphatic heterocycles. The number of likely N-dealkylation sites (N-methyl/N-ethyl adjacent to an activating group) is 1. The third-order valence-corrected chi connectivity index (χ3v) is 3.00. The van der Waals surface area contributed by atoms with E-state index in [9.17, 15) is 13.2 Å². The lowest BCUT2D eigenvalue weighted by molar-refractivity contribution is -0.178. The fraction of sp³-hybridized carbons (Fsp3) is 0.538. The van der Waals surface area contributed by atoms with E-state index in [0.717, 1.165) is 12.0 Å². The van der Waals surface area contributed by atoms with E-state index in [-0.39, 0.29) is 6.54 Å². The first-order valence-electron chi connectivity index (χ1n) is 5.93. The van der Waals surface area contributed by atoms with E-state index >= 15 is 0 Å². The van der Waals surface area contributed by atoms with Crippen LogP contribution in [0.25, 0.3) is 0 Å². The third-order valence-electron chi connectivity index (χ3n) is 3.00. The summed E-state index contributed by atoms with van der Waals surface area (Å²) < 4.78 is 38.0. The first-order chi connectivity index (χ1) is 8.38. The second-order valence-corrected chi connectivity index (χ2v) is 4.38. The quantitative estimate of drug-likeness (QED) is 0.881. The smallest absolute Gasteiger partial charge is 0.329 e. The second kappa shape index (κ2) is 6.20. The van der Waals surface area contributed by atoms with Crippen molar-refractivity contribution in [2.45, 2.75) is 32.1 Å². The molecule has 0 spiro atoms. The van der Waals surface area contributed by atoms with Gasteiger partial charge in [-0.3, -0.25) is 4.90 Å². The van der Waals surface area contributed by atoms with Crippen LogP contribution in [0.4, 0.5) is 13.2 Å². The predicted molar refractivity (Wildman–Crippen MR) is 66.2 cm³/mol. The molecule has 1 aromatic carbocycles. The molecule has 0 aromatic heterocycles. The molecule has 0 saturated carbocycles. The summed E-state index contributed by atoms with van der Waals surface area (Å²) in [6.07, 6.45) is -3.36. The minimum absolute atomic E-state index is 0.241. The van der Waals surface area contributed by atoms with Crippen molar-refractivity contribution in [3.63, 3.8) is 0 Å². The summed E-state index contributed by atoms with van der Waals surface area (Å²) in [5.41, 5.74) is 7.23. The van der Waals surface area contributed by atoms with Gasteiger partial charge in [0.15, 0.2) is 0 Å². The van der Waals surface area contributed by atoms with Crippen molar-refractivity contribution < 1.29 is 13.2 Å². The summed E-state index contributed by atoms with van der Waals surface area (Å²) in [7, 11) is 1.44. The zero-order valence-electron chi connectivity index (χ0n) is 10.7. The second-order valence-electron chi connectivity index (χ2n) is 4.38. The third kappa shape index (κ3) is 3.99. The van der Waals surface area contributed by atoms with Crippen LogP contribution < -0.4 is 5.73 Å². The molecule has 18 heavy (non-hydrogen) atoms. The number of alkyl halides is 3. The van der Waals surface area contributed by atoms with Gasteiger partial charge in [0.2, 0.25) is 0 Å². The SMILES string of the molecule is CCc1ccc(CN(C)C(CN)C(F)(F)F)cc1. The van der Waals surface area contributed by atoms with Crippen LogP contribution in [-0.4, -0.2) is 30.7 Å². The summed E-state index contributed by atoms with van der Waals surface area (Å²) >= 11 is 0. The molecular formula is C13H19F3N2. The molecule has 5 heteroatoms. The monoisotopic (exact) mass is 260 g/mol. The lowest BCUT2D eigenvalue weighted by Gasteiger charge is -2.28. The normalized spacial score (nSPS) is 13.9. The Morgan fingerprint density at radius 1 is 1.17 bits per heavy atom. The Labute approximate surface area is 106 Å². The van der Waals surface area contributed by atoms with E-state index in [1.165, 1.54) is 17.5 Å². The van der Waals surface area contributed by atoms with Crippen LogP contribution >= 0.6 is 0 Å². The van der Waals surface area contributed by atoms with E-state index in [4.69, 9.17) is 5.73 Å². The van der Waals surface area contributed by atoms with Crippen LogP contribution in [0.15, 0.2) is 24.3 Å². The van der Waals surface area contributed by atoms with Gasteiger partial charge < -0.3 is 5.73 Å². The number of hydrogen-bond donors (Lipinski definition) is 1. The topological polar surface area (TPSA) is 29.3 Å². The molecule has 0 bridgehead atoms. The fourth-order valence-corrected chi connectivity index (χ4v) is 1.84. The highest BCUT2D eigenvalue weighted by Crippen LogP contribution is 2.24. The largest absolute Gasteiger partial charge is 0.405 e. The summed E-state index contributed by atoms with van der Waals surface area (Å²) in [6.45, 7) is 1.85. The van der Waals surface area contributed by atoms with Gasteiger partial charge in [-0.05, 0) is 24.6 Å². The molecule has 0 heterocycles. The predicted octanol–water partition coefficient (Wildman–Crippen LogP) is 2.57. The number of hydrogen-bond acceptors (Lipinski definition) is 2. The Balaban J connectivity index is 2.70. The Morgan fingerprint density at radius 3 is 2.06 bits per heavy atom. The Bertz CT molecular complexity index is 359. The Kier molecular flexibility index (Phi) is 5.16. The molecule has 1 aromatic rings. The van der Waals surface area contributed by atoms with Gasteiger partial charge >= 0.3 is 6.18 Å². The van der Waals surface area contributed by atoms with Crippen LogP contribution in [0, 0.1) is 0 Å². The first-order valence-corrected chi connectivity index (χ1v) is 5.93. The minimum atomic E-state index is -4.28. The molecule has 102 valence electrons. The number of nitrogens with zero attached hydrogens (tertiary/aromatic N) is 1. The van der Waals surface area contributed by atoms with E-state index in [0.29, 0.717) is 0 Å². The molecule has 0 amide bonds. The molecule has 1 atom stereocenters. The fourth-order valence-electron chi connectivity index (χ4n) is 1.84. The van der Waals surface area contributed by atoms with Crippen LogP contribution in [0.5, 0.6) is 0 Å². The maximum atomic E-state index is 12.7. The highest BCUT2D eigenvalue weighted by Gasteiger charge is 2.41. The lowest BCUT2D eigenvalue weighted by Crippen LogP contribution is -2.48. The van der Waals surface area contributed by atoms with Crippen molar-refractivity contribution in [3.05, 3.63) is 35.4 Å². The molecule has 2 N–H and O–H groups in total. The van der Waals surface area contributed by atoms with Gasteiger partial charge in [-0.2, -0.15) is 13.2 Å². The number of halogens is 3. The standard InChI is InChI=1S/C13H19F3N2/c1-3-10-4-6-11(7-5-10)9-18(2)12(8-17)13(14,15)16/h4-7,12H,3,8-9,17H2,1-2H3. The molecule has 0 aliphatic carbocycles. The molecule has 1 rings (SSSR count). The van der Waals surface area contributed by atoms with Gasteiger partial charge in [0.05, 0.1) is 0 Å². The van der Waals surface area contributed by atoms with E-state index in [1.54, 1.807) is 0 Å². The van der Waals surface area contributed by atoms with Gasteiger partial charge in [-0.15, -0.1) is 0 Å². The Hall–Kier alpha value is -1.07. The number of rotatable bonds is 5. The van der Waals surface area contributed by atoms with Crippen molar-refractivity contribution in [1.29, 1.82) is 0 Å². The summed E-state index contributed by atoms with van der Waals surface area (Å²) in [5, 5.41) is 0. The van der Waals surface area contributed by atoms with Crippen LogP contribution in [-0.2, 0) is 13.0 Å².